The molecule has 2 bridgehead atoms. The molecule has 29 heavy (non-hydrogen) atoms. The third-order valence-corrected chi connectivity index (χ3v) is 6.18. The average Bonchev–Trinajstić information content (AvgIpc) is 2.72. The number of carbonyl (C=O) groups is 1. The molecule has 2 atom stereocenters. The fraction of sp³-hybridized carbons (Fsp3) is 0.364. The van der Waals surface area contributed by atoms with Crippen LogP contribution in [0.4, 0.5) is 0 Å². The first-order valence-corrected chi connectivity index (χ1v) is 9.93. The highest BCUT2D eigenvalue weighted by Crippen LogP contribution is 2.35. The van der Waals surface area contributed by atoms with Gasteiger partial charge in [0.1, 0.15) is 0 Å². The van der Waals surface area contributed by atoms with Crippen molar-refractivity contribution in [2.75, 3.05) is 13.1 Å². The first kappa shape index (κ1) is 17.8. The standard InChI is InChI=1S/C22H22N4O3/c1-24-22(29)17-6-3-2-5-16(17)18(23-24)10-21(28)25-11-14-9-15(13-25)19-7-4-8-20(27)26(19)12-14/h2-8,14-15H,9-13H2,1H3/t14-,15+/m0/s1. The minimum absolute atomic E-state index is 0.0164. The highest BCUT2D eigenvalue weighted by molar-refractivity contribution is 5.88. The van der Waals surface area contributed by atoms with E-state index in [9.17, 15) is 14.4 Å². The van der Waals surface area contributed by atoms with E-state index in [1.165, 1.54) is 4.68 Å². The molecule has 4 heterocycles. The summed E-state index contributed by atoms with van der Waals surface area (Å²) in [7, 11) is 1.61. The number of amides is 1. The van der Waals surface area contributed by atoms with E-state index < -0.39 is 0 Å². The van der Waals surface area contributed by atoms with E-state index in [4.69, 9.17) is 0 Å². The lowest BCUT2D eigenvalue weighted by Gasteiger charge is -2.42. The van der Waals surface area contributed by atoms with Gasteiger partial charge in [-0.05, 0) is 24.5 Å². The van der Waals surface area contributed by atoms with Crippen LogP contribution in [0.15, 0.2) is 52.1 Å². The number of piperidine rings is 1. The van der Waals surface area contributed by atoms with E-state index in [2.05, 4.69) is 5.10 Å². The first-order valence-electron chi connectivity index (χ1n) is 9.93. The number of nitrogens with zero attached hydrogens (tertiary/aromatic N) is 4. The Kier molecular flexibility index (Phi) is 4.12. The molecule has 7 heteroatoms. The Morgan fingerprint density at radius 1 is 1.03 bits per heavy atom. The molecule has 7 nitrogen and oxygen atoms in total. The molecule has 1 amide bonds. The Morgan fingerprint density at radius 2 is 1.83 bits per heavy atom. The number of carbonyl (C=O) groups excluding carboxylic acids is 1. The monoisotopic (exact) mass is 390 g/mol. The number of aryl methyl sites for hydroxylation is 1. The molecular weight excluding hydrogens is 368 g/mol. The van der Waals surface area contributed by atoms with Crippen LogP contribution in [-0.4, -0.2) is 38.2 Å². The molecule has 1 aromatic carbocycles. The number of fused-ring (bicyclic) bond motifs is 5. The van der Waals surface area contributed by atoms with Crippen molar-refractivity contribution in [2.45, 2.75) is 25.3 Å². The number of benzene rings is 1. The number of pyridine rings is 1. The van der Waals surface area contributed by atoms with Crippen molar-refractivity contribution in [3.05, 3.63) is 74.6 Å². The molecular formula is C22H22N4O3. The summed E-state index contributed by atoms with van der Waals surface area (Å²) >= 11 is 0. The third kappa shape index (κ3) is 2.97. The van der Waals surface area contributed by atoms with Gasteiger partial charge in [-0.3, -0.25) is 14.4 Å². The maximum absolute atomic E-state index is 13.1. The van der Waals surface area contributed by atoms with Gasteiger partial charge < -0.3 is 9.47 Å². The summed E-state index contributed by atoms with van der Waals surface area (Å²) in [6.07, 6.45) is 1.17. The molecule has 0 radical (unpaired) electrons. The average molecular weight is 390 g/mol. The number of hydrogen-bond donors (Lipinski definition) is 0. The number of likely N-dealkylation sites (tertiary alicyclic amines) is 1. The Balaban J connectivity index is 1.44. The van der Waals surface area contributed by atoms with Crippen LogP contribution in [0.2, 0.25) is 0 Å². The normalized spacial score (nSPS) is 20.5. The second-order valence-corrected chi connectivity index (χ2v) is 8.09. The summed E-state index contributed by atoms with van der Waals surface area (Å²) < 4.78 is 3.17. The molecule has 0 saturated carbocycles. The van der Waals surface area contributed by atoms with Crippen LogP contribution < -0.4 is 11.1 Å². The van der Waals surface area contributed by atoms with E-state index in [0.717, 1.165) is 17.5 Å². The minimum atomic E-state index is -0.161. The van der Waals surface area contributed by atoms with Crippen LogP contribution in [0.1, 0.15) is 23.7 Å². The summed E-state index contributed by atoms with van der Waals surface area (Å²) in [5, 5.41) is 5.68. The van der Waals surface area contributed by atoms with Crippen LogP contribution in [-0.2, 0) is 24.8 Å². The summed E-state index contributed by atoms with van der Waals surface area (Å²) in [6.45, 7) is 1.93. The van der Waals surface area contributed by atoms with Gasteiger partial charge in [0.25, 0.3) is 11.1 Å². The van der Waals surface area contributed by atoms with Crippen molar-refractivity contribution in [1.82, 2.24) is 19.2 Å². The van der Waals surface area contributed by atoms with Crippen molar-refractivity contribution in [2.24, 2.45) is 13.0 Å². The quantitative estimate of drug-likeness (QED) is 0.661. The molecule has 0 aliphatic carbocycles. The topological polar surface area (TPSA) is 77.2 Å². The smallest absolute Gasteiger partial charge is 0.274 e. The zero-order valence-electron chi connectivity index (χ0n) is 16.2. The summed E-state index contributed by atoms with van der Waals surface area (Å²) in [5.41, 5.74) is 1.53. The van der Waals surface area contributed by atoms with Crippen molar-refractivity contribution in [3.63, 3.8) is 0 Å². The Morgan fingerprint density at radius 3 is 2.66 bits per heavy atom. The molecule has 5 rings (SSSR count). The van der Waals surface area contributed by atoms with Gasteiger partial charge >= 0.3 is 0 Å². The SMILES string of the molecule is Cn1nc(CC(=O)N2C[C@@H]3C[C@H](C2)c2cccc(=O)n2C3)c2ccccc2c1=O. The lowest BCUT2D eigenvalue weighted by Crippen LogP contribution is -2.49. The van der Waals surface area contributed by atoms with E-state index in [1.807, 2.05) is 33.7 Å². The lowest BCUT2D eigenvalue weighted by atomic mass is 9.83. The van der Waals surface area contributed by atoms with Gasteiger partial charge in [-0.25, -0.2) is 4.68 Å². The minimum Gasteiger partial charge on any atom is -0.341 e. The zero-order valence-corrected chi connectivity index (χ0v) is 16.2. The molecule has 2 aromatic heterocycles. The molecule has 0 spiro atoms. The van der Waals surface area contributed by atoms with E-state index in [1.54, 1.807) is 25.2 Å². The number of rotatable bonds is 2. The summed E-state index contributed by atoms with van der Waals surface area (Å²) in [6, 6.07) is 12.7. The Labute approximate surface area is 167 Å². The van der Waals surface area contributed by atoms with Crippen LogP contribution >= 0.6 is 0 Å². The van der Waals surface area contributed by atoms with Gasteiger partial charge in [0.15, 0.2) is 0 Å². The molecule has 2 aliphatic heterocycles. The van der Waals surface area contributed by atoms with Gasteiger partial charge in [0, 0.05) is 49.7 Å². The van der Waals surface area contributed by atoms with Gasteiger partial charge in [-0.2, -0.15) is 5.10 Å². The zero-order chi connectivity index (χ0) is 20.1. The first-order chi connectivity index (χ1) is 14.0. The van der Waals surface area contributed by atoms with Crippen molar-refractivity contribution < 1.29 is 4.79 Å². The van der Waals surface area contributed by atoms with E-state index >= 15 is 0 Å². The highest BCUT2D eigenvalue weighted by atomic mass is 16.2. The lowest BCUT2D eigenvalue weighted by molar-refractivity contribution is -0.133. The van der Waals surface area contributed by atoms with E-state index in [-0.39, 0.29) is 35.3 Å². The fourth-order valence-corrected chi connectivity index (χ4v) is 4.86. The van der Waals surface area contributed by atoms with Gasteiger partial charge in [-0.15, -0.1) is 0 Å². The summed E-state index contributed by atoms with van der Waals surface area (Å²) in [4.78, 5) is 39.6. The Hall–Kier alpha value is -3.22. The molecule has 3 aromatic rings. The molecule has 148 valence electrons. The Bertz CT molecular complexity index is 1240. The predicted molar refractivity (Wildman–Crippen MR) is 109 cm³/mol. The van der Waals surface area contributed by atoms with E-state index in [0.29, 0.717) is 30.7 Å². The maximum atomic E-state index is 13.1. The van der Waals surface area contributed by atoms with Crippen LogP contribution in [0.5, 0.6) is 0 Å². The molecule has 1 saturated heterocycles. The second-order valence-electron chi connectivity index (χ2n) is 8.09. The second kappa shape index (κ2) is 6.69. The van der Waals surface area contributed by atoms with Crippen molar-refractivity contribution in [1.29, 1.82) is 0 Å². The van der Waals surface area contributed by atoms with Gasteiger partial charge in [0.2, 0.25) is 5.91 Å². The molecule has 0 unspecified atom stereocenters. The molecule has 0 N–H and O–H groups in total. The largest absolute Gasteiger partial charge is 0.341 e. The van der Waals surface area contributed by atoms with Crippen molar-refractivity contribution >= 4 is 16.7 Å². The fourth-order valence-electron chi connectivity index (χ4n) is 4.86. The highest BCUT2D eigenvalue weighted by Gasteiger charge is 2.36. The van der Waals surface area contributed by atoms with Crippen molar-refractivity contribution in [3.8, 4) is 0 Å². The van der Waals surface area contributed by atoms with Gasteiger partial charge in [0.05, 0.1) is 17.5 Å². The number of hydrogen-bond acceptors (Lipinski definition) is 4. The van der Waals surface area contributed by atoms with Crippen LogP contribution in [0.3, 0.4) is 0 Å². The molecule has 2 aliphatic rings. The van der Waals surface area contributed by atoms with Gasteiger partial charge in [-0.1, -0.05) is 24.3 Å². The predicted octanol–water partition coefficient (Wildman–Crippen LogP) is 1.28. The van der Waals surface area contributed by atoms with Crippen LogP contribution in [0, 0.1) is 5.92 Å². The maximum Gasteiger partial charge on any atom is 0.274 e. The molecule has 1 fully saturated rings. The number of aromatic nitrogens is 3. The van der Waals surface area contributed by atoms with Crippen LogP contribution in [0.25, 0.3) is 10.8 Å². The summed E-state index contributed by atoms with van der Waals surface area (Å²) in [5.74, 6) is 0.489. The third-order valence-electron chi connectivity index (χ3n) is 6.18.